The van der Waals surface area contributed by atoms with E-state index < -0.39 is 20.2 Å². The van der Waals surface area contributed by atoms with Gasteiger partial charge in [-0.2, -0.15) is 0 Å². The first-order valence-electron chi connectivity index (χ1n) is 23.9. The third kappa shape index (κ3) is 21.1. The van der Waals surface area contributed by atoms with Crippen LogP contribution in [0.5, 0.6) is 0 Å². The molecule has 0 aliphatic heterocycles. The summed E-state index contributed by atoms with van der Waals surface area (Å²) in [6.45, 7) is 8.83. The van der Waals surface area contributed by atoms with Crippen molar-refractivity contribution >= 4 is 90.7 Å². The van der Waals surface area contributed by atoms with Crippen LogP contribution < -0.4 is 0 Å². The van der Waals surface area contributed by atoms with Crippen molar-refractivity contribution in [2.24, 2.45) is 0 Å². The van der Waals surface area contributed by atoms with Crippen molar-refractivity contribution in [3.8, 4) is 0 Å². The molecule has 0 atom stereocenters. The fraction of sp³-hybridized carbons (Fsp3) is 0.615. The summed E-state index contributed by atoms with van der Waals surface area (Å²) in [6, 6.07) is 19.6. The predicted octanol–water partition coefficient (Wildman–Crippen LogP) is 14.7. The maximum Gasteiger partial charge on any atom is 2.00 e. The average Bonchev–Trinajstić information content (AvgIpc) is 3.22. The monoisotopic (exact) mass is 1000 g/mol. The molecule has 0 heterocycles. The number of benzene rings is 4. The van der Waals surface area contributed by atoms with Crippen LogP contribution in [0.3, 0.4) is 0 Å². The zero-order chi connectivity index (χ0) is 43.6. The molecule has 0 fully saturated rings. The average molecular weight is 1000 g/mol. The second-order valence-corrected chi connectivity index (χ2v) is 19.8. The molecule has 9 heteroatoms. The second kappa shape index (κ2) is 31.6. The minimum Gasteiger partial charge on any atom is -0.744 e. The molecule has 4 aromatic carbocycles. The van der Waals surface area contributed by atoms with Gasteiger partial charge in [0, 0.05) is 0 Å². The van der Waals surface area contributed by atoms with Crippen LogP contribution in [0.15, 0.2) is 70.5 Å². The van der Waals surface area contributed by atoms with Gasteiger partial charge in [0.2, 0.25) is 0 Å². The fourth-order valence-electron chi connectivity index (χ4n) is 8.47. The van der Waals surface area contributed by atoms with Crippen molar-refractivity contribution in [2.45, 2.75) is 217 Å². The van der Waals surface area contributed by atoms with Crippen molar-refractivity contribution in [3.63, 3.8) is 0 Å². The standard InChI is InChI=1S/2C26H40O3S.Ba/c2*1-3-5-7-9-11-13-15-22-17-18-23-19-20-24(16-14-12-10-8-6-4-2)26(25(23)21-22)30(27,28)29;/h2*17-21H,3-16H2,1-2H3,(H,27,28,29);/q;;+2/p-2. The molecule has 0 radical (unpaired) electrons. The molecule has 336 valence electrons. The summed E-state index contributed by atoms with van der Waals surface area (Å²) in [7, 11) is -9.03. The van der Waals surface area contributed by atoms with E-state index in [2.05, 4.69) is 39.8 Å². The molecule has 0 bridgehead atoms. The Balaban J connectivity index is 0.000000413. The van der Waals surface area contributed by atoms with Gasteiger partial charge < -0.3 is 9.11 Å². The molecule has 0 aromatic heterocycles. The molecule has 0 spiro atoms. The molecule has 0 amide bonds. The Morgan fingerprint density at radius 1 is 0.361 bits per heavy atom. The van der Waals surface area contributed by atoms with Gasteiger partial charge in [-0.25, -0.2) is 16.8 Å². The quantitative estimate of drug-likeness (QED) is 0.0292. The molecule has 0 saturated carbocycles. The third-order valence-corrected chi connectivity index (χ3v) is 13.9. The molecule has 0 aliphatic carbocycles. The summed E-state index contributed by atoms with van der Waals surface area (Å²) in [5, 5.41) is 2.89. The van der Waals surface area contributed by atoms with Gasteiger partial charge in [0.05, 0.1) is 9.79 Å². The van der Waals surface area contributed by atoms with Crippen molar-refractivity contribution in [1.29, 1.82) is 0 Å². The van der Waals surface area contributed by atoms with Crippen molar-refractivity contribution in [3.05, 3.63) is 82.9 Å². The van der Waals surface area contributed by atoms with Crippen molar-refractivity contribution in [2.75, 3.05) is 0 Å². The van der Waals surface area contributed by atoms with Crippen LogP contribution >= 0.6 is 0 Å². The number of aryl methyl sites for hydroxylation is 4. The van der Waals surface area contributed by atoms with E-state index in [4.69, 9.17) is 0 Å². The first-order chi connectivity index (χ1) is 28.9. The van der Waals surface area contributed by atoms with Crippen LogP contribution in [-0.4, -0.2) is 74.8 Å². The van der Waals surface area contributed by atoms with Gasteiger partial charge in [0.25, 0.3) is 0 Å². The minimum absolute atomic E-state index is 0. The predicted molar refractivity (Wildman–Crippen MR) is 258 cm³/mol. The maximum atomic E-state index is 12.2. The Morgan fingerprint density at radius 2 is 0.623 bits per heavy atom. The normalized spacial score (nSPS) is 11.8. The zero-order valence-electron chi connectivity index (χ0n) is 38.5. The van der Waals surface area contributed by atoms with Gasteiger partial charge in [0.15, 0.2) is 0 Å². The van der Waals surface area contributed by atoms with Gasteiger partial charge in [-0.05, 0) is 107 Å². The number of rotatable bonds is 30. The Labute approximate surface area is 412 Å². The van der Waals surface area contributed by atoms with Gasteiger partial charge in [-0.1, -0.05) is 205 Å². The summed E-state index contributed by atoms with van der Waals surface area (Å²) in [5.41, 5.74) is 3.62. The van der Waals surface area contributed by atoms with Crippen LogP contribution in [0.4, 0.5) is 0 Å². The van der Waals surface area contributed by atoms with E-state index in [1.807, 2.05) is 48.5 Å². The van der Waals surface area contributed by atoms with Gasteiger partial charge in [-0.3, -0.25) is 0 Å². The van der Waals surface area contributed by atoms with Crippen molar-refractivity contribution < 1.29 is 25.9 Å². The molecular weight excluding hydrogens is 922 g/mol. The molecule has 0 N–H and O–H groups in total. The molecule has 4 rings (SSSR count). The van der Waals surface area contributed by atoms with E-state index in [1.165, 1.54) is 116 Å². The van der Waals surface area contributed by atoms with Crippen LogP contribution in [0.25, 0.3) is 21.5 Å². The van der Waals surface area contributed by atoms with Crippen LogP contribution in [0, 0.1) is 0 Å². The largest absolute Gasteiger partial charge is 2.00 e. The van der Waals surface area contributed by atoms with Gasteiger partial charge in [-0.15, -0.1) is 0 Å². The molecule has 0 saturated heterocycles. The number of hydrogen-bond acceptors (Lipinski definition) is 6. The first kappa shape index (κ1) is 55.9. The van der Waals surface area contributed by atoms with E-state index in [1.54, 1.807) is 0 Å². The molecule has 4 aromatic rings. The summed E-state index contributed by atoms with van der Waals surface area (Å²) < 4.78 is 72.9. The molecular formula is C52H78BaO6S2. The second-order valence-electron chi connectivity index (χ2n) is 17.2. The zero-order valence-corrected chi connectivity index (χ0v) is 44.6. The van der Waals surface area contributed by atoms with E-state index in [-0.39, 0.29) is 58.7 Å². The van der Waals surface area contributed by atoms with Gasteiger partial charge in [0.1, 0.15) is 20.2 Å². The molecule has 0 aliphatic rings. The van der Waals surface area contributed by atoms with Crippen molar-refractivity contribution in [1.82, 2.24) is 0 Å². The number of hydrogen-bond donors (Lipinski definition) is 0. The Hall–Kier alpha value is -1.21. The number of fused-ring (bicyclic) bond motifs is 2. The van der Waals surface area contributed by atoms with Gasteiger partial charge >= 0.3 is 48.9 Å². The molecule has 6 nitrogen and oxygen atoms in total. The van der Waals surface area contributed by atoms with E-state index in [0.29, 0.717) is 34.7 Å². The maximum absolute atomic E-state index is 12.2. The Morgan fingerprint density at radius 3 is 0.918 bits per heavy atom. The van der Waals surface area contributed by atoms with Crippen LogP contribution in [0.1, 0.15) is 204 Å². The molecule has 0 unspecified atom stereocenters. The van der Waals surface area contributed by atoms with E-state index in [0.717, 1.165) is 73.3 Å². The summed E-state index contributed by atoms with van der Waals surface area (Å²) >= 11 is 0. The topological polar surface area (TPSA) is 114 Å². The molecule has 61 heavy (non-hydrogen) atoms. The number of unbranched alkanes of at least 4 members (excludes halogenated alkanes) is 20. The van der Waals surface area contributed by atoms with E-state index in [9.17, 15) is 25.9 Å². The Bertz CT molecular complexity index is 1890. The summed E-state index contributed by atoms with van der Waals surface area (Å²) in [6.07, 6.45) is 31.7. The van der Waals surface area contributed by atoms with Crippen LogP contribution in [-0.2, 0) is 45.9 Å². The third-order valence-electron chi connectivity index (χ3n) is 12.0. The van der Waals surface area contributed by atoms with E-state index >= 15 is 0 Å². The van der Waals surface area contributed by atoms with Crippen LogP contribution in [0.2, 0.25) is 0 Å². The minimum atomic E-state index is -4.51. The summed E-state index contributed by atoms with van der Waals surface area (Å²) in [4.78, 5) is 0.0247. The SMILES string of the molecule is CCCCCCCCc1ccc2ccc(CCCCCCCC)c(S(=O)(=O)[O-])c2c1.CCCCCCCCc1ccc2ccc(CCCCCCCC)c(S(=O)(=O)[O-])c2c1.[Ba+2]. The first-order valence-corrected chi connectivity index (χ1v) is 26.8. The smallest absolute Gasteiger partial charge is 0.744 e. The summed E-state index contributed by atoms with van der Waals surface area (Å²) in [5.74, 6) is 0. The fourth-order valence-corrected chi connectivity index (χ4v) is 10.3. The Kier molecular flexibility index (Phi) is 29.0.